The number of hydrogen-bond acceptors (Lipinski definition) is 4. The highest BCUT2D eigenvalue weighted by molar-refractivity contribution is 5.98. The van der Waals surface area contributed by atoms with Crippen molar-refractivity contribution in [1.29, 1.82) is 0 Å². The third-order valence-corrected chi connectivity index (χ3v) is 1.05. The number of allylic oxidation sites excluding steroid dienone is 2. The van der Waals surface area contributed by atoms with E-state index in [9.17, 15) is 9.59 Å². The van der Waals surface area contributed by atoms with Gasteiger partial charge in [-0.15, -0.1) is 0 Å². The van der Waals surface area contributed by atoms with Crippen molar-refractivity contribution >= 4 is 11.9 Å². The summed E-state index contributed by atoms with van der Waals surface area (Å²) in [5, 5.41) is 0. The number of rotatable bonds is 1. The molecule has 0 N–H and O–H groups in total. The van der Waals surface area contributed by atoms with Gasteiger partial charge in [0.05, 0.1) is 13.5 Å². The summed E-state index contributed by atoms with van der Waals surface area (Å²) < 4.78 is 8.66. The normalized spacial score (nSPS) is 15.3. The highest BCUT2D eigenvalue weighted by atomic mass is 16.7. The molecule has 54 valence electrons. The number of carbonyl (C=O) groups excluding carboxylic acids is 2. The first kappa shape index (κ1) is 6.80. The monoisotopic (exact) mass is 142 g/mol. The number of carbonyl (C=O) groups is 2. The van der Waals surface area contributed by atoms with E-state index in [-0.39, 0.29) is 12.2 Å². The van der Waals surface area contributed by atoms with Crippen molar-refractivity contribution in [3.63, 3.8) is 0 Å². The Balaban J connectivity index is 2.35. The first-order chi connectivity index (χ1) is 4.72. The molecular formula is C6H6O4. The van der Waals surface area contributed by atoms with Crippen LogP contribution in [0, 0.1) is 0 Å². The Morgan fingerprint density at radius 2 is 2.30 bits per heavy atom. The van der Waals surface area contributed by atoms with Crippen LogP contribution in [0.2, 0.25) is 0 Å². The van der Waals surface area contributed by atoms with Gasteiger partial charge >= 0.3 is 6.16 Å². The predicted octanol–water partition coefficient (Wildman–Crippen LogP) is 0.626. The molecule has 0 spiro atoms. The largest absolute Gasteiger partial charge is 0.513 e. The molecule has 1 aliphatic rings. The van der Waals surface area contributed by atoms with Gasteiger partial charge < -0.3 is 9.47 Å². The summed E-state index contributed by atoms with van der Waals surface area (Å²) in [7, 11) is 1.21. The lowest BCUT2D eigenvalue weighted by Gasteiger charge is -2.11. The fourth-order valence-electron chi connectivity index (χ4n) is 0.536. The van der Waals surface area contributed by atoms with Crippen LogP contribution >= 0.6 is 0 Å². The molecule has 0 atom stereocenters. The molecule has 4 nitrogen and oxygen atoms in total. The Kier molecular flexibility index (Phi) is 1.71. The fourth-order valence-corrected chi connectivity index (χ4v) is 0.536. The number of ether oxygens (including phenoxy) is 2. The van der Waals surface area contributed by atoms with Crippen molar-refractivity contribution in [2.45, 2.75) is 6.42 Å². The zero-order valence-electron chi connectivity index (χ0n) is 5.42. The van der Waals surface area contributed by atoms with E-state index in [1.54, 1.807) is 0 Å². The molecule has 4 heteroatoms. The summed E-state index contributed by atoms with van der Waals surface area (Å²) >= 11 is 0. The van der Waals surface area contributed by atoms with E-state index >= 15 is 0 Å². The molecule has 0 aromatic rings. The van der Waals surface area contributed by atoms with E-state index in [0.717, 1.165) is 0 Å². The molecule has 0 saturated carbocycles. The Hall–Kier alpha value is -1.32. The van der Waals surface area contributed by atoms with Crippen LogP contribution < -0.4 is 0 Å². The Labute approximate surface area is 57.4 Å². The minimum atomic E-state index is -0.779. The molecule has 0 unspecified atom stereocenters. The van der Waals surface area contributed by atoms with Crippen LogP contribution in [-0.2, 0) is 14.3 Å². The van der Waals surface area contributed by atoms with Gasteiger partial charge in [-0.2, -0.15) is 0 Å². The van der Waals surface area contributed by atoms with E-state index in [1.807, 2.05) is 0 Å². The third-order valence-electron chi connectivity index (χ3n) is 1.05. The minimum absolute atomic E-state index is 0.0288. The maximum Gasteiger partial charge on any atom is 0.513 e. The molecule has 10 heavy (non-hydrogen) atoms. The number of ketones is 1. The topological polar surface area (TPSA) is 52.6 Å². The smallest absolute Gasteiger partial charge is 0.437 e. The molecule has 0 heterocycles. The third kappa shape index (κ3) is 1.34. The lowest BCUT2D eigenvalue weighted by molar-refractivity contribution is -0.116. The quantitative estimate of drug-likeness (QED) is 0.504. The van der Waals surface area contributed by atoms with Crippen molar-refractivity contribution in [3.05, 3.63) is 11.8 Å². The van der Waals surface area contributed by atoms with Crippen LogP contribution in [0.4, 0.5) is 4.79 Å². The van der Waals surface area contributed by atoms with Gasteiger partial charge in [0.2, 0.25) is 0 Å². The number of hydrogen-bond donors (Lipinski definition) is 0. The maximum absolute atomic E-state index is 10.3. The van der Waals surface area contributed by atoms with E-state index in [4.69, 9.17) is 0 Å². The van der Waals surface area contributed by atoms with E-state index in [1.165, 1.54) is 13.2 Å². The molecule has 0 aromatic heterocycles. The zero-order chi connectivity index (χ0) is 7.56. The molecule has 0 aliphatic heterocycles. The molecular weight excluding hydrogens is 136 g/mol. The lowest BCUT2D eigenvalue weighted by Crippen LogP contribution is -2.14. The molecule has 0 radical (unpaired) electrons. The van der Waals surface area contributed by atoms with Crippen molar-refractivity contribution in [1.82, 2.24) is 0 Å². The van der Waals surface area contributed by atoms with E-state index in [0.29, 0.717) is 5.76 Å². The molecule has 0 aromatic carbocycles. The van der Waals surface area contributed by atoms with Crippen molar-refractivity contribution in [2.75, 3.05) is 7.11 Å². The molecule has 0 saturated heterocycles. The summed E-state index contributed by atoms with van der Waals surface area (Å²) in [6, 6.07) is 0. The SMILES string of the molecule is COC(=O)OC1=CC(=O)C1. The van der Waals surface area contributed by atoms with Crippen LogP contribution in [-0.4, -0.2) is 19.0 Å². The highest BCUT2D eigenvalue weighted by Gasteiger charge is 2.19. The lowest BCUT2D eigenvalue weighted by atomic mass is 10.1. The number of methoxy groups -OCH3 is 1. The van der Waals surface area contributed by atoms with Crippen molar-refractivity contribution in [2.24, 2.45) is 0 Å². The second-order valence-corrected chi connectivity index (χ2v) is 1.81. The Morgan fingerprint density at radius 3 is 2.70 bits per heavy atom. The second-order valence-electron chi connectivity index (χ2n) is 1.81. The van der Waals surface area contributed by atoms with Gasteiger partial charge in [-0.25, -0.2) is 4.79 Å². The van der Waals surface area contributed by atoms with Crippen LogP contribution in [0.15, 0.2) is 11.8 Å². The molecule has 1 aliphatic carbocycles. The first-order valence-electron chi connectivity index (χ1n) is 2.71. The summed E-state index contributed by atoms with van der Waals surface area (Å²) in [6.07, 6.45) is 0.685. The summed E-state index contributed by atoms with van der Waals surface area (Å²) in [5.41, 5.74) is 0. The predicted molar refractivity (Wildman–Crippen MR) is 31.2 cm³/mol. The maximum atomic E-state index is 10.3. The van der Waals surface area contributed by atoms with Gasteiger partial charge in [0, 0.05) is 6.08 Å². The van der Waals surface area contributed by atoms with Gasteiger partial charge in [0.15, 0.2) is 5.78 Å². The average Bonchev–Trinajstić information content (AvgIpc) is 1.84. The van der Waals surface area contributed by atoms with Gasteiger partial charge in [0.25, 0.3) is 0 Å². The van der Waals surface area contributed by atoms with Crippen LogP contribution in [0.5, 0.6) is 0 Å². The van der Waals surface area contributed by atoms with E-state index < -0.39 is 6.16 Å². The van der Waals surface area contributed by atoms with E-state index in [2.05, 4.69) is 9.47 Å². The molecule has 1 rings (SSSR count). The minimum Gasteiger partial charge on any atom is -0.437 e. The molecule has 0 bridgehead atoms. The second kappa shape index (κ2) is 2.51. The van der Waals surface area contributed by atoms with Gasteiger partial charge in [-0.05, 0) is 0 Å². The summed E-state index contributed by atoms with van der Waals surface area (Å²) in [4.78, 5) is 20.6. The zero-order valence-corrected chi connectivity index (χ0v) is 5.42. The van der Waals surface area contributed by atoms with Gasteiger partial charge in [-0.3, -0.25) is 4.79 Å². The summed E-state index contributed by atoms with van der Waals surface area (Å²) in [6.45, 7) is 0. The highest BCUT2D eigenvalue weighted by Crippen LogP contribution is 2.15. The Bertz CT molecular complexity index is 204. The molecule has 0 fully saturated rings. The fraction of sp³-hybridized carbons (Fsp3) is 0.333. The Morgan fingerprint density at radius 1 is 1.70 bits per heavy atom. The van der Waals surface area contributed by atoms with Crippen LogP contribution in [0.1, 0.15) is 6.42 Å². The van der Waals surface area contributed by atoms with Crippen LogP contribution in [0.25, 0.3) is 0 Å². The van der Waals surface area contributed by atoms with Gasteiger partial charge in [0.1, 0.15) is 5.76 Å². The molecule has 0 amide bonds. The standard InChI is InChI=1S/C6H6O4/c1-9-6(8)10-5-2-4(7)3-5/h2H,3H2,1H3. The van der Waals surface area contributed by atoms with Crippen molar-refractivity contribution < 1.29 is 19.1 Å². The first-order valence-corrected chi connectivity index (χ1v) is 2.71. The average molecular weight is 142 g/mol. The van der Waals surface area contributed by atoms with Crippen LogP contribution in [0.3, 0.4) is 0 Å². The van der Waals surface area contributed by atoms with Crippen molar-refractivity contribution in [3.8, 4) is 0 Å². The summed E-state index contributed by atoms with van der Waals surface area (Å²) in [5.74, 6) is 0.343. The van der Waals surface area contributed by atoms with Gasteiger partial charge in [-0.1, -0.05) is 0 Å².